The fourth-order valence-electron chi connectivity index (χ4n) is 1.36. The van der Waals surface area contributed by atoms with Gasteiger partial charge in [-0.2, -0.15) is 0 Å². The Bertz CT molecular complexity index is 244. The Morgan fingerprint density at radius 2 is 2.00 bits per heavy atom. The van der Waals surface area contributed by atoms with Crippen LogP contribution in [0.2, 0.25) is 0 Å². The van der Waals surface area contributed by atoms with E-state index in [0.717, 1.165) is 0 Å². The van der Waals surface area contributed by atoms with E-state index in [9.17, 15) is 10.2 Å². The number of aliphatic hydroxyl groups excluding tert-OH is 3. The van der Waals surface area contributed by atoms with Crippen molar-refractivity contribution in [2.45, 2.75) is 24.9 Å². The molecule has 2 heterocycles. The van der Waals surface area contributed by atoms with E-state index in [1.807, 2.05) is 0 Å². The van der Waals surface area contributed by atoms with E-state index in [2.05, 4.69) is 0 Å². The monoisotopic (exact) mass is 174 g/mol. The summed E-state index contributed by atoms with van der Waals surface area (Å²) in [7, 11) is 0. The summed E-state index contributed by atoms with van der Waals surface area (Å²) in [5, 5.41) is 27.2. The first kappa shape index (κ1) is 7.85. The number of ether oxygens (including phenoxy) is 2. The number of hydrogen-bond acceptors (Lipinski definition) is 5. The molecule has 12 heavy (non-hydrogen) atoms. The van der Waals surface area contributed by atoms with E-state index in [1.54, 1.807) is 6.92 Å². The number of fused-ring (bicyclic) bond motifs is 1. The Labute approximate surface area is 68.8 Å². The standard InChI is InChI=1S/C7H10O5/c1-7-6(12-7)5(10)4(9)3(2-8)11-7/h3,6,8-10H,2H2,1H3/t3?,6?,7-/m1/s1. The molecule has 0 aromatic rings. The van der Waals surface area contributed by atoms with Crippen LogP contribution in [0.3, 0.4) is 0 Å². The molecule has 1 fully saturated rings. The fourth-order valence-corrected chi connectivity index (χ4v) is 1.36. The van der Waals surface area contributed by atoms with Gasteiger partial charge in [0.2, 0.25) is 5.79 Å². The molecule has 2 rings (SSSR count). The highest BCUT2D eigenvalue weighted by atomic mass is 16.8. The normalized spacial score (nSPS) is 45.8. The second-order valence-electron chi connectivity index (χ2n) is 3.07. The quantitative estimate of drug-likeness (QED) is 0.480. The van der Waals surface area contributed by atoms with E-state index < -0.39 is 18.0 Å². The largest absolute Gasteiger partial charge is 0.506 e. The molecular weight excluding hydrogens is 164 g/mol. The molecule has 0 spiro atoms. The molecule has 68 valence electrons. The Balaban J connectivity index is 2.28. The number of rotatable bonds is 1. The summed E-state index contributed by atoms with van der Waals surface area (Å²) >= 11 is 0. The van der Waals surface area contributed by atoms with Gasteiger partial charge < -0.3 is 24.8 Å². The molecule has 5 heteroatoms. The van der Waals surface area contributed by atoms with Crippen molar-refractivity contribution >= 4 is 0 Å². The Morgan fingerprint density at radius 1 is 1.33 bits per heavy atom. The predicted molar refractivity (Wildman–Crippen MR) is 37.5 cm³/mol. The van der Waals surface area contributed by atoms with Crippen molar-refractivity contribution in [3.05, 3.63) is 11.5 Å². The predicted octanol–water partition coefficient (Wildman–Crippen LogP) is -0.180. The summed E-state index contributed by atoms with van der Waals surface area (Å²) in [5.74, 6) is -1.43. The molecule has 0 aliphatic carbocycles. The molecule has 2 aliphatic heterocycles. The second kappa shape index (κ2) is 2.12. The number of hydrogen-bond donors (Lipinski definition) is 3. The molecule has 0 amide bonds. The van der Waals surface area contributed by atoms with Crippen molar-refractivity contribution in [1.82, 2.24) is 0 Å². The summed E-state index contributed by atoms with van der Waals surface area (Å²) in [6.45, 7) is 1.27. The minimum Gasteiger partial charge on any atom is -0.506 e. The summed E-state index contributed by atoms with van der Waals surface area (Å²) in [5.41, 5.74) is 0. The average molecular weight is 174 g/mol. The molecule has 2 aliphatic rings. The zero-order chi connectivity index (χ0) is 8.93. The third kappa shape index (κ3) is 0.841. The maximum absolute atomic E-state index is 9.27. The number of aliphatic hydroxyl groups is 3. The third-order valence-corrected chi connectivity index (χ3v) is 2.13. The lowest BCUT2D eigenvalue weighted by atomic mass is 10.1. The van der Waals surface area contributed by atoms with Gasteiger partial charge in [0.25, 0.3) is 0 Å². The highest BCUT2D eigenvalue weighted by Gasteiger charge is 2.62. The molecule has 5 nitrogen and oxygen atoms in total. The van der Waals surface area contributed by atoms with E-state index >= 15 is 0 Å². The highest BCUT2D eigenvalue weighted by molar-refractivity contribution is 5.22. The van der Waals surface area contributed by atoms with Gasteiger partial charge in [-0.25, -0.2) is 0 Å². The fraction of sp³-hybridized carbons (Fsp3) is 0.714. The molecule has 1 saturated heterocycles. The van der Waals surface area contributed by atoms with Crippen molar-refractivity contribution in [3.63, 3.8) is 0 Å². The lowest BCUT2D eigenvalue weighted by Gasteiger charge is -2.22. The lowest BCUT2D eigenvalue weighted by molar-refractivity contribution is -0.0991. The van der Waals surface area contributed by atoms with Crippen molar-refractivity contribution in [1.29, 1.82) is 0 Å². The molecule has 0 bridgehead atoms. The summed E-state index contributed by atoms with van der Waals surface area (Å²) in [4.78, 5) is 0. The Morgan fingerprint density at radius 3 is 2.58 bits per heavy atom. The van der Waals surface area contributed by atoms with Gasteiger partial charge in [-0.05, 0) is 6.92 Å². The first-order valence-electron chi connectivity index (χ1n) is 3.67. The third-order valence-electron chi connectivity index (χ3n) is 2.13. The van der Waals surface area contributed by atoms with Crippen LogP contribution in [0.1, 0.15) is 6.92 Å². The van der Waals surface area contributed by atoms with Crippen molar-refractivity contribution < 1.29 is 24.8 Å². The van der Waals surface area contributed by atoms with Gasteiger partial charge in [-0.3, -0.25) is 0 Å². The van der Waals surface area contributed by atoms with Crippen molar-refractivity contribution in [3.8, 4) is 0 Å². The SMILES string of the molecule is C[C@]12OC(CO)C(O)=C(O)C1O2. The van der Waals surface area contributed by atoms with Gasteiger partial charge >= 0.3 is 0 Å². The van der Waals surface area contributed by atoms with E-state index in [0.29, 0.717) is 0 Å². The molecule has 3 N–H and O–H groups in total. The highest BCUT2D eigenvalue weighted by Crippen LogP contribution is 2.46. The van der Waals surface area contributed by atoms with Crippen LogP contribution in [-0.2, 0) is 9.47 Å². The van der Waals surface area contributed by atoms with E-state index in [-0.39, 0.29) is 18.1 Å². The molecular formula is C7H10O5. The van der Waals surface area contributed by atoms with Crippen LogP contribution < -0.4 is 0 Å². The first-order chi connectivity index (χ1) is 5.58. The van der Waals surface area contributed by atoms with Crippen LogP contribution in [0.5, 0.6) is 0 Å². The maximum Gasteiger partial charge on any atom is 0.201 e. The van der Waals surface area contributed by atoms with Gasteiger partial charge in [0.05, 0.1) is 6.61 Å². The van der Waals surface area contributed by atoms with Gasteiger partial charge in [-0.1, -0.05) is 0 Å². The lowest BCUT2D eigenvalue weighted by Crippen LogP contribution is -2.34. The first-order valence-corrected chi connectivity index (χ1v) is 3.67. The van der Waals surface area contributed by atoms with Crippen molar-refractivity contribution in [2.75, 3.05) is 6.61 Å². The minimum absolute atomic E-state index is 0.234. The van der Waals surface area contributed by atoms with Crippen molar-refractivity contribution in [2.24, 2.45) is 0 Å². The van der Waals surface area contributed by atoms with E-state index in [1.165, 1.54) is 0 Å². The van der Waals surface area contributed by atoms with Gasteiger partial charge in [-0.15, -0.1) is 0 Å². The van der Waals surface area contributed by atoms with Gasteiger partial charge in [0.1, 0.15) is 6.10 Å². The Hall–Kier alpha value is -0.780. The summed E-state index contributed by atoms with van der Waals surface area (Å²) < 4.78 is 10.1. The van der Waals surface area contributed by atoms with Gasteiger partial charge in [0, 0.05) is 0 Å². The van der Waals surface area contributed by atoms with Crippen LogP contribution in [0.4, 0.5) is 0 Å². The Kier molecular flexibility index (Phi) is 1.39. The molecule has 0 aromatic heterocycles. The second-order valence-corrected chi connectivity index (χ2v) is 3.07. The molecule has 0 aromatic carbocycles. The molecule has 0 radical (unpaired) electrons. The van der Waals surface area contributed by atoms with Crippen LogP contribution in [-0.4, -0.2) is 39.9 Å². The van der Waals surface area contributed by atoms with Crippen LogP contribution in [0, 0.1) is 0 Å². The maximum atomic E-state index is 9.27. The van der Waals surface area contributed by atoms with E-state index in [4.69, 9.17) is 14.6 Å². The topological polar surface area (TPSA) is 82.5 Å². The van der Waals surface area contributed by atoms with Crippen LogP contribution in [0.15, 0.2) is 11.5 Å². The van der Waals surface area contributed by atoms with Gasteiger partial charge in [0.15, 0.2) is 17.6 Å². The summed E-state index contributed by atoms with van der Waals surface area (Å²) in [6, 6.07) is 0. The zero-order valence-electron chi connectivity index (χ0n) is 6.52. The van der Waals surface area contributed by atoms with Crippen LogP contribution >= 0.6 is 0 Å². The molecule has 0 saturated carbocycles. The van der Waals surface area contributed by atoms with Crippen LogP contribution in [0.25, 0.3) is 0 Å². The number of epoxide rings is 1. The average Bonchev–Trinajstić information content (AvgIpc) is 2.71. The minimum atomic E-state index is -0.867. The smallest absolute Gasteiger partial charge is 0.201 e. The molecule has 3 atom stereocenters. The molecule has 2 unspecified atom stereocenters. The summed E-state index contributed by atoms with van der Waals surface area (Å²) in [6.07, 6.45) is -1.44. The zero-order valence-corrected chi connectivity index (χ0v) is 6.52.